The average molecular weight is 458 g/mol. The van der Waals surface area contributed by atoms with Gasteiger partial charge in [0, 0.05) is 4.47 Å². The highest BCUT2D eigenvalue weighted by molar-refractivity contribution is 9.10. The van der Waals surface area contributed by atoms with Gasteiger partial charge in [-0.15, -0.1) is 0 Å². The van der Waals surface area contributed by atoms with Crippen molar-refractivity contribution in [2.24, 2.45) is 0 Å². The van der Waals surface area contributed by atoms with Crippen molar-refractivity contribution in [3.05, 3.63) is 52.0 Å². The van der Waals surface area contributed by atoms with E-state index in [1.165, 1.54) is 44.6 Å². The van der Waals surface area contributed by atoms with Gasteiger partial charge >= 0.3 is 11.9 Å². The van der Waals surface area contributed by atoms with E-state index in [9.17, 15) is 18.0 Å². The number of methoxy groups -OCH3 is 3. The van der Waals surface area contributed by atoms with E-state index in [0.717, 1.165) is 7.11 Å². The van der Waals surface area contributed by atoms with Crippen molar-refractivity contribution in [1.82, 2.24) is 0 Å². The molecule has 10 heteroatoms. The van der Waals surface area contributed by atoms with Crippen molar-refractivity contribution in [1.29, 1.82) is 0 Å². The predicted octanol–water partition coefficient (Wildman–Crippen LogP) is 2.83. The van der Waals surface area contributed by atoms with Crippen molar-refractivity contribution in [3.8, 4) is 5.75 Å². The molecule has 0 bridgehead atoms. The van der Waals surface area contributed by atoms with Gasteiger partial charge in [-0.25, -0.2) is 18.0 Å². The first-order valence-corrected chi connectivity index (χ1v) is 9.68. The summed E-state index contributed by atoms with van der Waals surface area (Å²) >= 11 is 3.21. The third kappa shape index (κ3) is 4.58. The van der Waals surface area contributed by atoms with E-state index in [4.69, 9.17) is 4.74 Å². The van der Waals surface area contributed by atoms with E-state index in [1.807, 2.05) is 0 Å². The lowest BCUT2D eigenvalue weighted by molar-refractivity contribution is 0.0587. The molecule has 0 radical (unpaired) electrons. The molecule has 0 atom stereocenters. The van der Waals surface area contributed by atoms with Gasteiger partial charge in [0.05, 0.1) is 38.1 Å². The Labute approximate surface area is 164 Å². The molecule has 0 aliphatic heterocycles. The quantitative estimate of drug-likeness (QED) is 0.664. The summed E-state index contributed by atoms with van der Waals surface area (Å²) in [5, 5.41) is 0. The number of hydrogen-bond acceptors (Lipinski definition) is 7. The molecule has 0 amide bonds. The Morgan fingerprint density at radius 1 is 0.963 bits per heavy atom. The Bertz CT molecular complexity index is 989. The van der Waals surface area contributed by atoms with Crippen LogP contribution in [0.2, 0.25) is 0 Å². The van der Waals surface area contributed by atoms with Crippen LogP contribution in [0.3, 0.4) is 0 Å². The average Bonchev–Trinajstić information content (AvgIpc) is 2.66. The third-order valence-electron chi connectivity index (χ3n) is 3.51. The zero-order valence-electron chi connectivity index (χ0n) is 14.6. The smallest absolute Gasteiger partial charge is 0.339 e. The largest absolute Gasteiger partial charge is 0.495 e. The first-order chi connectivity index (χ1) is 12.7. The van der Waals surface area contributed by atoms with Gasteiger partial charge in [-0.2, -0.15) is 0 Å². The number of rotatable bonds is 6. The van der Waals surface area contributed by atoms with Crippen LogP contribution >= 0.6 is 15.9 Å². The number of hydrogen-bond donors (Lipinski definition) is 1. The second-order valence-corrected chi connectivity index (χ2v) is 7.71. The van der Waals surface area contributed by atoms with Crippen LogP contribution in [0.5, 0.6) is 5.75 Å². The van der Waals surface area contributed by atoms with Gasteiger partial charge in [0.1, 0.15) is 10.6 Å². The highest BCUT2D eigenvalue weighted by Gasteiger charge is 2.24. The summed E-state index contributed by atoms with van der Waals surface area (Å²) in [5.41, 5.74) is -0.140. The number of carbonyl (C=O) groups excluding carboxylic acids is 2. The number of sulfonamides is 1. The predicted molar refractivity (Wildman–Crippen MR) is 101 cm³/mol. The summed E-state index contributed by atoms with van der Waals surface area (Å²) in [6, 6.07) is 8.24. The van der Waals surface area contributed by atoms with Crippen LogP contribution < -0.4 is 9.46 Å². The van der Waals surface area contributed by atoms with Gasteiger partial charge in [-0.3, -0.25) is 4.72 Å². The third-order valence-corrected chi connectivity index (χ3v) is 5.39. The Morgan fingerprint density at radius 3 is 2.22 bits per heavy atom. The molecule has 0 spiro atoms. The maximum Gasteiger partial charge on any atom is 0.339 e. The van der Waals surface area contributed by atoms with Gasteiger partial charge in [0.25, 0.3) is 10.0 Å². The number of esters is 2. The topological polar surface area (TPSA) is 108 Å². The van der Waals surface area contributed by atoms with Crippen molar-refractivity contribution >= 4 is 43.6 Å². The molecule has 2 aromatic carbocycles. The first-order valence-electron chi connectivity index (χ1n) is 7.40. The minimum Gasteiger partial charge on any atom is -0.495 e. The Morgan fingerprint density at radius 2 is 1.63 bits per heavy atom. The fourth-order valence-electron chi connectivity index (χ4n) is 2.22. The summed E-state index contributed by atoms with van der Waals surface area (Å²) in [5.74, 6) is -1.35. The number of anilines is 1. The highest BCUT2D eigenvalue weighted by Crippen LogP contribution is 2.30. The lowest BCUT2D eigenvalue weighted by atomic mass is 10.1. The van der Waals surface area contributed by atoms with Crippen LogP contribution in [0.25, 0.3) is 0 Å². The van der Waals surface area contributed by atoms with E-state index in [1.54, 1.807) is 6.07 Å². The summed E-state index contributed by atoms with van der Waals surface area (Å²) in [4.78, 5) is 23.6. The maximum atomic E-state index is 12.9. The van der Waals surface area contributed by atoms with E-state index in [-0.39, 0.29) is 27.5 Å². The molecule has 144 valence electrons. The molecule has 0 heterocycles. The summed E-state index contributed by atoms with van der Waals surface area (Å²) < 4.78 is 42.9. The van der Waals surface area contributed by atoms with Crippen LogP contribution in [-0.4, -0.2) is 41.7 Å². The van der Waals surface area contributed by atoms with Gasteiger partial charge in [0.2, 0.25) is 0 Å². The zero-order valence-corrected chi connectivity index (χ0v) is 17.0. The summed E-state index contributed by atoms with van der Waals surface area (Å²) in [6.07, 6.45) is 0. The molecule has 27 heavy (non-hydrogen) atoms. The SMILES string of the molecule is COC(=O)c1ccc(C(=O)OC)c(NS(=O)(=O)c2cc(Br)ccc2OC)c1. The second kappa shape index (κ2) is 8.40. The normalized spacial score (nSPS) is 10.8. The summed E-state index contributed by atoms with van der Waals surface area (Å²) in [7, 11) is -0.477. The van der Waals surface area contributed by atoms with Gasteiger partial charge in [0.15, 0.2) is 0 Å². The lowest BCUT2D eigenvalue weighted by Crippen LogP contribution is -2.18. The van der Waals surface area contributed by atoms with Crippen molar-refractivity contribution in [2.75, 3.05) is 26.1 Å². The molecule has 0 aromatic heterocycles. The minimum atomic E-state index is -4.16. The standard InChI is InChI=1S/C17H16BrNO7S/c1-24-14-7-5-11(18)9-15(14)27(22,23)19-13-8-10(16(20)25-2)4-6-12(13)17(21)26-3/h4-9,19H,1-3H3. The van der Waals surface area contributed by atoms with Gasteiger partial charge < -0.3 is 14.2 Å². The number of halogens is 1. The van der Waals surface area contributed by atoms with Crippen LogP contribution in [0.15, 0.2) is 45.8 Å². The number of ether oxygens (including phenoxy) is 3. The van der Waals surface area contributed by atoms with E-state index < -0.39 is 22.0 Å². The molecule has 0 unspecified atom stereocenters. The van der Waals surface area contributed by atoms with Gasteiger partial charge in [-0.1, -0.05) is 15.9 Å². The van der Waals surface area contributed by atoms with Crippen LogP contribution in [0.4, 0.5) is 5.69 Å². The molecule has 0 aliphatic carbocycles. The molecule has 0 aliphatic rings. The molecule has 8 nitrogen and oxygen atoms in total. The monoisotopic (exact) mass is 457 g/mol. The molecular weight excluding hydrogens is 442 g/mol. The number of carbonyl (C=O) groups is 2. The summed E-state index contributed by atoms with van der Waals surface area (Å²) in [6.45, 7) is 0. The van der Waals surface area contributed by atoms with Crippen molar-refractivity contribution < 1.29 is 32.2 Å². The zero-order chi connectivity index (χ0) is 20.2. The first kappa shape index (κ1) is 20.7. The fraction of sp³-hybridized carbons (Fsp3) is 0.176. The Balaban J connectivity index is 2.58. The maximum absolute atomic E-state index is 12.9. The van der Waals surface area contributed by atoms with Crippen LogP contribution in [-0.2, 0) is 19.5 Å². The van der Waals surface area contributed by atoms with E-state index in [2.05, 4.69) is 30.1 Å². The lowest BCUT2D eigenvalue weighted by Gasteiger charge is -2.15. The molecule has 0 saturated heterocycles. The molecule has 0 fully saturated rings. The van der Waals surface area contributed by atoms with Crippen LogP contribution in [0, 0.1) is 0 Å². The van der Waals surface area contributed by atoms with Crippen molar-refractivity contribution in [2.45, 2.75) is 4.90 Å². The number of benzene rings is 2. The van der Waals surface area contributed by atoms with E-state index >= 15 is 0 Å². The molecule has 0 saturated carbocycles. The molecule has 1 N–H and O–H groups in total. The highest BCUT2D eigenvalue weighted by atomic mass is 79.9. The van der Waals surface area contributed by atoms with E-state index in [0.29, 0.717) is 4.47 Å². The molecule has 2 aromatic rings. The second-order valence-electron chi connectivity index (χ2n) is 5.14. The van der Waals surface area contributed by atoms with Gasteiger partial charge in [-0.05, 0) is 36.4 Å². The van der Waals surface area contributed by atoms with Crippen LogP contribution in [0.1, 0.15) is 20.7 Å². The Kier molecular flexibility index (Phi) is 6.45. The van der Waals surface area contributed by atoms with Crippen molar-refractivity contribution in [3.63, 3.8) is 0 Å². The molecule has 2 rings (SSSR count). The number of nitrogens with one attached hydrogen (secondary N) is 1. The minimum absolute atomic E-state index is 0.0593. The molecular formula is C17H16BrNO7S. The Hall–Kier alpha value is -2.59. The fourth-order valence-corrected chi connectivity index (χ4v) is 4.00.